The number of ether oxygens (including phenoxy) is 1. The van der Waals surface area contributed by atoms with Gasteiger partial charge in [0.2, 0.25) is 0 Å². The normalized spacial score (nSPS) is 11.4. The van der Waals surface area contributed by atoms with Gasteiger partial charge in [-0.2, -0.15) is 13.2 Å². The molecule has 0 fully saturated rings. The summed E-state index contributed by atoms with van der Waals surface area (Å²) in [6.07, 6.45) is -4.71. The highest BCUT2D eigenvalue weighted by Crippen LogP contribution is 2.41. The van der Waals surface area contributed by atoms with E-state index in [1.54, 1.807) is 6.92 Å². The van der Waals surface area contributed by atoms with Gasteiger partial charge in [0.15, 0.2) is 5.78 Å². The minimum atomic E-state index is -4.71. The second-order valence-corrected chi connectivity index (χ2v) is 3.32. The van der Waals surface area contributed by atoms with Crippen molar-refractivity contribution in [3.63, 3.8) is 0 Å². The highest BCUT2D eigenvalue weighted by Gasteiger charge is 2.36. The van der Waals surface area contributed by atoms with E-state index in [-0.39, 0.29) is 12.4 Å². The summed E-state index contributed by atoms with van der Waals surface area (Å²) in [6, 6.07) is 1.72. The summed E-state index contributed by atoms with van der Waals surface area (Å²) < 4.78 is 42.5. The number of alkyl halides is 3. The SMILES string of the molecule is CCOc1ccc(C(F)(F)F)c(O)c1C(C)=O. The number of halogens is 3. The molecule has 6 heteroatoms. The number of hydrogen-bond acceptors (Lipinski definition) is 3. The molecule has 0 radical (unpaired) electrons. The topological polar surface area (TPSA) is 46.5 Å². The molecule has 0 aromatic heterocycles. The zero-order valence-electron chi connectivity index (χ0n) is 9.26. The number of benzene rings is 1. The maximum Gasteiger partial charge on any atom is 0.419 e. The van der Waals surface area contributed by atoms with E-state index in [0.29, 0.717) is 6.07 Å². The second-order valence-electron chi connectivity index (χ2n) is 3.32. The Kier molecular flexibility index (Phi) is 3.65. The van der Waals surface area contributed by atoms with Crippen LogP contribution in [0.1, 0.15) is 29.8 Å². The van der Waals surface area contributed by atoms with Crippen LogP contribution < -0.4 is 4.74 Å². The summed E-state index contributed by atoms with van der Waals surface area (Å²) in [7, 11) is 0. The predicted octanol–water partition coefficient (Wildman–Crippen LogP) is 3.01. The van der Waals surface area contributed by atoms with Gasteiger partial charge in [0.05, 0.1) is 12.2 Å². The Morgan fingerprint density at radius 2 is 2.00 bits per heavy atom. The number of phenols is 1. The third-order valence-electron chi connectivity index (χ3n) is 2.10. The van der Waals surface area contributed by atoms with Gasteiger partial charge in [0, 0.05) is 0 Å². The maximum absolute atomic E-state index is 12.5. The maximum atomic E-state index is 12.5. The van der Waals surface area contributed by atoms with Crippen molar-refractivity contribution < 1.29 is 27.8 Å². The molecule has 1 N–H and O–H groups in total. The molecule has 1 aromatic carbocycles. The molecule has 0 aliphatic carbocycles. The number of aromatic hydroxyl groups is 1. The van der Waals surface area contributed by atoms with Gasteiger partial charge in [-0.15, -0.1) is 0 Å². The van der Waals surface area contributed by atoms with Crippen molar-refractivity contribution in [2.24, 2.45) is 0 Å². The van der Waals surface area contributed by atoms with E-state index in [2.05, 4.69) is 0 Å². The van der Waals surface area contributed by atoms with Gasteiger partial charge in [-0.05, 0) is 26.0 Å². The van der Waals surface area contributed by atoms with E-state index >= 15 is 0 Å². The van der Waals surface area contributed by atoms with Crippen LogP contribution in [0.2, 0.25) is 0 Å². The van der Waals surface area contributed by atoms with Crippen molar-refractivity contribution >= 4 is 5.78 Å². The molecule has 0 heterocycles. The highest BCUT2D eigenvalue weighted by molar-refractivity contribution is 6.00. The Hall–Kier alpha value is -1.72. The molecular formula is C11H11F3O3. The first-order valence-electron chi connectivity index (χ1n) is 4.86. The second kappa shape index (κ2) is 4.65. The predicted molar refractivity (Wildman–Crippen MR) is 54.3 cm³/mol. The van der Waals surface area contributed by atoms with Crippen LogP contribution >= 0.6 is 0 Å². The van der Waals surface area contributed by atoms with Crippen molar-refractivity contribution in [1.82, 2.24) is 0 Å². The van der Waals surface area contributed by atoms with Gasteiger partial charge < -0.3 is 9.84 Å². The number of carbonyl (C=O) groups excluding carboxylic acids is 1. The molecule has 94 valence electrons. The van der Waals surface area contributed by atoms with Gasteiger partial charge in [0.25, 0.3) is 0 Å². The molecule has 0 saturated heterocycles. The lowest BCUT2D eigenvalue weighted by molar-refractivity contribution is -0.138. The molecule has 0 aliphatic rings. The van der Waals surface area contributed by atoms with E-state index in [0.717, 1.165) is 13.0 Å². The van der Waals surface area contributed by atoms with Gasteiger partial charge >= 0.3 is 6.18 Å². The molecule has 1 rings (SSSR count). The van der Waals surface area contributed by atoms with Crippen molar-refractivity contribution in [1.29, 1.82) is 0 Å². The number of ketones is 1. The molecule has 0 atom stereocenters. The molecule has 0 saturated carbocycles. The molecule has 0 spiro atoms. The minimum absolute atomic E-state index is 0.0505. The Bertz CT molecular complexity index is 438. The molecule has 0 bridgehead atoms. The van der Waals surface area contributed by atoms with Crippen LogP contribution in [0.15, 0.2) is 12.1 Å². The Morgan fingerprint density at radius 3 is 2.41 bits per heavy atom. The summed E-state index contributed by atoms with van der Waals surface area (Å²) in [5.41, 5.74) is -1.69. The molecule has 3 nitrogen and oxygen atoms in total. The van der Waals surface area contributed by atoms with Crippen molar-refractivity contribution in [3.05, 3.63) is 23.3 Å². The van der Waals surface area contributed by atoms with Crippen LogP contribution in [-0.2, 0) is 6.18 Å². The summed E-state index contributed by atoms with van der Waals surface area (Å²) in [4.78, 5) is 11.2. The molecule has 0 aliphatic heterocycles. The highest BCUT2D eigenvalue weighted by atomic mass is 19.4. The lowest BCUT2D eigenvalue weighted by Gasteiger charge is -2.14. The number of carbonyl (C=O) groups is 1. The first-order valence-corrected chi connectivity index (χ1v) is 4.86. The Balaban J connectivity index is 3.44. The minimum Gasteiger partial charge on any atom is -0.506 e. The van der Waals surface area contributed by atoms with E-state index in [4.69, 9.17) is 4.74 Å². The summed E-state index contributed by atoms with van der Waals surface area (Å²) >= 11 is 0. The fourth-order valence-corrected chi connectivity index (χ4v) is 1.42. The molecule has 0 unspecified atom stereocenters. The zero-order valence-corrected chi connectivity index (χ0v) is 9.26. The van der Waals surface area contributed by atoms with Crippen LogP contribution in [-0.4, -0.2) is 17.5 Å². The lowest BCUT2D eigenvalue weighted by atomic mass is 10.0. The Morgan fingerprint density at radius 1 is 1.41 bits per heavy atom. The van der Waals surface area contributed by atoms with Crippen molar-refractivity contribution in [3.8, 4) is 11.5 Å². The smallest absolute Gasteiger partial charge is 0.419 e. The summed E-state index contributed by atoms with van der Waals surface area (Å²) in [5, 5.41) is 9.48. The zero-order chi connectivity index (χ0) is 13.2. The van der Waals surface area contributed by atoms with E-state index in [1.807, 2.05) is 0 Å². The first kappa shape index (κ1) is 13.3. The molecular weight excluding hydrogens is 237 g/mol. The van der Waals surface area contributed by atoms with Gasteiger partial charge in [-0.25, -0.2) is 0 Å². The van der Waals surface area contributed by atoms with E-state index in [1.165, 1.54) is 0 Å². The Labute approximate surface area is 95.8 Å². The third-order valence-corrected chi connectivity index (χ3v) is 2.10. The lowest BCUT2D eigenvalue weighted by Crippen LogP contribution is -2.09. The fourth-order valence-electron chi connectivity index (χ4n) is 1.42. The van der Waals surface area contributed by atoms with Crippen LogP contribution in [0.25, 0.3) is 0 Å². The van der Waals surface area contributed by atoms with Crippen LogP contribution in [0, 0.1) is 0 Å². The third kappa shape index (κ3) is 2.69. The number of phenolic OH excluding ortho intramolecular Hbond substituents is 1. The summed E-state index contributed by atoms with van der Waals surface area (Å²) in [6.45, 7) is 2.88. The number of hydrogen-bond donors (Lipinski definition) is 1. The van der Waals surface area contributed by atoms with Crippen molar-refractivity contribution in [2.75, 3.05) is 6.61 Å². The van der Waals surface area contributed by atoms with Crippen LogP contribution in [0.4, 0.5) is 13.2 Å². The molecule has 17 heavy (non-hydrogen) atoms. The first-order chi connectivity index (χ1) is 7.79. The fraction of sp³-hybridized carbons (Fsp3) is 0.364. The summed E-state index contributed by atoms with van der Waals surface area (Å²) in [5.74, 6) is -1.82. The van der Waals surface area contributed by atoms with Crippen LogP contribution in [0.5, 0.6) is 11.5 Å². The largest absolute Gasteiger partial charge is 0.506 e. The number of Topliss-reactive ketones (excluding diaryl/α,β-unsaturated/α-hetero) is 1. The monoisotopic (exact) mass is 248 g/mol. The quantitative estimate of drug-likeness (QED) is 0.836. The van der Waals surface area contributed by atoms with Gasteiger partial charge in [0.1, 0.15) is 17.1 Å². The van der Waals surface area contributed by atoms with E-state index < -0.39 is 28.8 Å². The molecule has 1 aromatic rings. The number of rotatable bonds is 3. The van der Waals surface area contributed by atoms with E-state index in [9.17, 15) is 23.1 Å². The van der Waals surface area contributed by atoms with Crippen LogP contribution in [0.3, 0.4) is 0 Å². The molecule has 0 amide bonds. The average Bonchev–Trinajstić information content (AvgIpc) is 2.15. The van der Waals surface area contributed by atoms with Crippen molar-refractivity contribution in [2.45, 2.75) is 20.0 Å². The van der Waals surface area contributed by atoms with Gasteiger partial charge in [-0.1, -0.05) is 0 Å². The average molecular weight is 248 g/mol. The standard InChI is InChI=1S/C11H11F3O3/c1-3-17-8-5-4-7(11(12,13)14)10(16)9(8)6(2)15/h4-5,16H,3H2,1-2H3. The van der Waals surface area contributed by atoms with Gasteiger partial charge in [-0.3, -0.25) is 4.79 Å².